The Morgan fingerprint density at radius 2 is 2.11 bits per heavy atom. The number of amides is 1. The molecule has 1 aromatic carbocycles. The standard InChI is InChI=1S/C21H28N2O4/c1-5-26-20(24)13-23-18-7-6-10-22(21(25)27-14(2)3)12-17(18)16-11-15(4)8-9-19(16)23/h8-9,11,17-18H,2,5-7,10,12-13H2,1,3-4H3/t17-,18-/m0/s1. The minimum absolute atomic E-state index is 0.148. The van der Waals surface area contributed by atoms with Gasteiger partial charge in [-0.3, -0.25) is 4.79 Å². The first kappa shape index (κ1) is 19.3. The molecule has 2 aliphatic rings. The first-order chi connectivity index (χ1) is 12.9. The van der Waals surface area contributed by atoms with Crippen LogP contribution in [-0.4, -0.2) is 49.2 Å². The van der Waals surface area contributed by atoms with Gasteiger partial charge in [0.25, 0.3) is 0 Å². The van der Waals surface area contributed by atoms with E-state index in [4.69, 9.17) is 9.47 Å². The number of carbonyl (C=O) groups excluding carboxylic acids is 2. The van der Waals surface area contributed by atoms with E-state index in [0.717, 1.165) is 18.5 Å². The van der Waals surface area contributed by atoms with Gasteiger partial charge < -0.3 is 19.3 Å². The monoisotopic (exact) mass is 372 g/mol. The Labute approximate surface area is 160 Å². The third kappa shape index (κ3) is 4.10. The summed E-state index contributed by atoms with van der Waals surface area (Å²) in [5, 5.41) is 0. The molecule has 0 saturated carbocycles. The van der Waals surface area contributed by atoms with Gasteiger partial charge in [0.1, 0.15) is 6.54 Å². The van der Waals surface area contributed by atoms with E-state index in [1.54, 1.807) is 11.8 Å². The van der Waals surface area contributed by atoms with Crippen LogP contribution in [0.3, 0.4) is 0 Å². The summed E-state index contributed by atoms with van der Waals surface area (Å²) in [5.74, 6) is 0.328. The summed E-state index contributed by atoms with van der Waals surface area (Å²) in [6.45, 7) is 11.1. The first-order valence-corrected chi connectivity index (χ1v) is 9.55. The summed E-state index contributed by atoms with van der Waals surface area (Å²) in [6, 6.07) is 6.49. The van der Waals surface area contributed by atoms with E-state index in [0.29, 0.717) is 25.5 Å². The zero-order valence-electron chi connectivity index (χ0n) is 16.4. The maximum Gasteiger partial charge on any atom is 0.414 e. The van der Waals surface area contributed by atoms with Crippen molar-refractivity contribution in [3.05, 3.63) is 41.7 Å². The van der Waals surface area contributed by atoms with Gasteiger partial charge in [-0.15, -0.1) is 0 Å². The zero-order chi connectivity index (χ0) is 19.6. The number of benzene rings is 1. The summed E-state index contributed by atoms with van der Waals surface area (Å²) < 4.78 is 10.4. The molecule has 3 rings (SSSR count). The Hall–Kier alpha value is -2.50. The molecule has 0 radical (unpaired) electrons. The molecule has 2 aliphatic heterocycles. The average molecular weight is 372 g/mol. The van der Waals surface area contributed by atoms with Gasteiger partial charge in [-0.2, -0.15) is 0 Å². The van der Waals surface area contributed by atoms with Crippen molar-refractivity contribution < 1.29 is 19.1 Å². The summed E-state index contributed by atoms with van der Waals surface area (Å²) >= 11 is 0. The molecule has 0 aliphatic carbocycles. The quantitative estimate of drug-likeness (QED) is 0.597. The highest BCUT2D eigenvalue weighted by Gasteiger charge is 2.42. The van der Waals surface area contributed by atoms with Crippen molar-refractivity contribution in [2.45, 2.75) is 45.6 Å². The van der Waals surface area contributed by atoms with Crippen molar-refractivity contribution in [2.75, 3.05) is 31.1 Å². The van der Waals surface area contributed by atoms with E-state index < -0.39 is 0 Å². The second-order valence-corrected chi connectivity index (χ2v) is 7.33. The van der Waals surface area contributed by atoms with Gasteiger partial charge in [0.2, 0.25) is 0 Å². The second-order valence-electron chi connectivity index (χ2n) is 7.33. The number of aryl methyl sites for hydroxylation is 1. The molecule has 2 atom stereocenters. The molecule has 2 heterocycles. The fourth-order valence-corrected chi connectivity index (χ4v) is 4.16. The van der Waals surface area contributed by atoms with Crippen LogP contribution in [0, 0.1) is 6.92 Å². The van der Waals surface area contributed by atoms with E-state index in [1.165, 1.54) is 11.1 Å². The number of likely N-dealkylation sites (tertiary alicyclic amines) is 1. The lowest BCUT2D eigenvalue weighted by Gasteiger charge is -2.29. The van der Waals surface area contributed by atoms with Crippen LogP contribution in [0.25, 0.3) is 0 Å². The van der Waals surface area contributed by atoms with Gasteiger partial charge in [-0.1, -0.05) is 24.3 Å². The van der Waals surface area contributed by atoms with Crippen LogP contribution in [0.2, 0.25) is 0 Å². The summed E-state index contributed by atoms with van der Waals surface area (Å²) in [4.78, 5) is 28.5. The molecular weight excluding hydrogens is 344 g/mol. The molecule has 0 unspecified atom stereocenters. The molecule has 1 aromatic rings. The van der Waals surface area contributed by atoms with Gasteiger partial charge >= 0.3 is 12.1 Å². The fourth-order valence-electron chi connectivity index (χ4n) is 4.16. The second kappa shape index (κ2) is 8.03. The minimum Gasteiger partial charge on any atom is -0.465 e. The molecule has 146 valence electrons. The van der Waals surface area contributed by atoms with Gasteiger partial charge in [0, 0.05) is 30.7 Å². The number of nitrogens with zero attached hydrogens (tertiary/aromatic N) is 2. The number of rotatable bonds is 4. The van der Waals surface area contributed by atoms with Crippen molar-refractivity contribution in [3.63, 3.8) is 0 Å². The summed E-state index contributed by atoms with van der Waals surface area (Å²) in [6.07, 6.45) is 1.43. The predicted molar refractivity (Wildman–Crippen MR) is 104 cm³/mol. The van der Waals surface area contributed by atoms with Crippen LogP contribution < -0.4 is 4.90 Å². The lowest BCUT2D eigenvalue weighted by molar-refractivity contribution is -0.141. The van der Waals surface area contributed by atoms with Crippen LogP contribution in [-0.2, 0) is 14.3 Å². The molecule has 1 fully saturated rings. The smallest absolute Gasteiger partial charge is 0.414 e. The van der Waals surface area contributed by atoms with Crippen molar-refractivity contribution in [2.24, 2.45) is 0 Å². The lowest BCUT2D eigenvalue weighted by Crippen LogP contribution is -2.40. The van der Waals surface area contributed by atoms with E-state index in [1.807, 2.05) is 6.92 Å². The molecule has 27 heavy (non-hydrogen) atoms. The maximum atomic E-state index is 12.4. The topological polar surface area (TPSA) is 59.1 Å². The number of esters is 1. The third-order valence-corrected chi connectivity index (χ3v) is 5.23. The highest BCUT2D eigenvalue weighted by Crippen LogP contribution is 2.44. The van der Waals surface area contributed by atoms with Crippen LogP contribution in [0.1, 0.15) is 43.7 Å². The SMILES string of the molecule is C=C(C)OC(=O)N1CCC[C@H]2[C@@H](C1)c1cc(C)ccc1N2CC(=O)OCC. The number of anilines is 1. The van der Waals surface area contributed by atoms with E-state index in [2.05, 4.69) is 36.6 Å². The number of carbonyl (C=O) groups is 2. The zero-order valence-corrected chi connectivity index (χ0v) is 16.4. The normalized spacial score (nSPS) is 21.1. The van der Waals surface area contributed by atoms with Gasteiger partial charge in [-0.05, 0) is 45.2 Å². The van der Waals surface area contributed by atoms with Gasteiger partial charge in [0.05, 0.1) is 12.4 Å². The first-order valence-electron chi connectivity index (χ1n) is 9.55. The van der Waals surface area contributed by atoms with Crippen LogP contribution in [0.4, 0.5) is 10.5 Å². The number of ether oxygens (including phenoxy) is 2. The van der Waals surface area contributed by atoms with Gasteiger partial charge in [0.15, 0.2) is 0 Å². The maximum absolute atomic E-state index is 12.4. The Kier molecular flexibility index (Phi) is 5.73. The Morgan fingerprint density at radius 3 is 2.81 bits per heavy atom. The number of hydrogen-bond acceptors (Lipinski definition) is 5. The molecule has 0 aromatic heterocycles. The third-order valence-electron chi connectivity index (χ3n) is 5.23. The van der Waals surface area contributed by atoms with Crippen LogP contribution in [0.5, 0.6) is 0 Å². The van der Waals surface area contributed by atoms with Crippen molar-refractivity contribution in [3.8, 4) is 0 Å². The highest BCUT2D eigenvalue weighted by atomic mass is 16.6. The molecule has 0 N–H and O–H groups in total. The molecule has 1 saturated heterocycles. The number of allylic oxidation sites excluding steroid dienone is 1. The van der Waals surface area contributed by atoms with Gasteiger partial charge in [-0.25, -0.2) is 4.79 Å². The fraction of sp³-hybridized carbons (Fsp3) is 0.524. The van der Waals surface area contributed by atoms with E-state index in [9.17, 15) is 9.59 Å². The van der Waals surface area contributed by atoms with Crippen molar-refractivity contribution in [1.29, 1.82) is 0 Å². The molecule has 0 spiro atoms. The van der Waals surface area contributed by atoms with E-state index >= 15 is 0 Å². The predicted octanol–water partition coefficient (Wildman–Crippen LogP) is 3.60. The van der Waals surface area contributed by atoms with Crippen molar-refractivity contribution in [1.82, 2.24) is 4.90 Å². The number of fused-ring (bicyclic) bond motifs is 3. The molecule has 0 bridgehead atoms. The summed E-state index contributed by atoms with van der Waals surface area (Å²) in [7, 11) is 0. The van der Waals surface area contributed by atoms with Crippen molar-refractivity contribution >= 4 is 17.7 Å². The average Bonchev–Trinajstić information content (AvgIpc) is 2.75. The van der Waals surface area contributed by atoms with Crippen LogP contribution in [0.15, 0.2) is 30.5 Å². The largest absolute Gasteiger partial charge is 0.465 e. The molecule has 6 heteroatoms. The summed E-state index contributed by atoms with van der Waals surface area (Å²) in [5.41, 5.74) is 3.43. The number of hydrogen-bond donors (Lipinski definition) is 0. The lowest BCUT2D eigenvalue weighted by atomic mass is 9.92. The molecule has 6 nitrogen and oxygen atoms in total. The van der Waals surface area contributed by atoms with Crippen LogP contribution >= 0.6 is 0 Å². The Morgan fingerprint density at radius 1 is 1.33 bits per heavy atom. The molecule has 1 amide bonds. The van der Waals surface area contributed by atoms with E-state index in [-0.39, 0.29) is 30.6 Å². The minimum atomic E-state index is -0.346. The Bertz CT molecular complexity index is 746. The molecular formula is C21H28N2O4. The highest BCUT2D eigenvalue weighted by molar-refractivity contribution is 5.78. The Balaban J connectivity index is 1.89.